The fourth-order valence-electron chi connectivity index (χ4n) is 1.09. The highest BCUT2D eigenvalue weighted by Crippen LogP contribution is 2.16. The first-order chi connectivity index (χ1) is 5.24. The molecule has 0 saturated carbocycles. The molecule has 0 aliphatic heterocycles. The third-order valence-corrected chi connectivity index (χ3v) is 2.19. The number of halogens is 2. The zero-order valence-electron chi connectivity index (χ0n) is 8.56. The monoisotopic (exact) mass is 179 g/mol. The Hall–Kier alpha value is -0.180. The zero-order valence-corrected chi connectivity index (χ0v) is 8.56. The quantitative estimate of drug-likeness (QED) is 0.641. The van der Waals surface area contributed by atoms with Gasteiger partial charge in [-0.25, -0.2) is 8.78 Å². The summed E-state index contributed by atoms with van der Waals surface area (Å²) >= 11 is 0. The van der Waals surface area contributed by atoms with Crippen LogP contribution >= 0.6 is 0 Å². The Labute approximate surface area is 73.7 Å². The maximum atomic E-state index is 12.6. The Morgan fingerprint density at radius 3 is 1.92 bits per heavy atom. The minimum Gasteiger partial charge on any atom is -0.298 e. The van der Waals surface area contributed by atoms with Crippen molar-refractivity contribution in [3.8, 4) is 0 Å². The molecule has 0 radical (unpaired) electrons. The predicted molar refractivity (Wildman–Crippen MR) is 47.6 cm³/mol. The van der Waals surface area contributed by atoms with Crippen LogP contribution in [-0.2, 0) is 0 Å². The molecule has 0 amide bonds. The van der Waals surface area contributed by atoms with Crippen LogP contribution in [0, 0.1) is 5.92 Å². The Bertz CT molecular complexity index is 129. The third kappa shape index (κ3) is 4.65. The standard InChI is InChI=1S/C9H19F2N/c1-7(2)8(3)12(5)6-9(4,10)11/h7-8H,6H2,1-5H3/t8-/m0/s1. The van der Waals surface area contributed by atoms with Crippen molar-refractivity contribution in [2.24, 2.45) is 5.92 Å². The van der Waals surface area contributed by atoms with Crippen LogP contribution in [0.15, 0.2) is 0 Å². The van der Waals surface area contributed by atoms with E-state index in [1.54, 1.807) is 11.9 Å². The van der Waals surface area contributed by atoms with E-state index in [-0.39, 0.29) is 12.6 Å². The van der Waals surface area contributed by atoms with Crippen molar-refractivity contribution in [3.05, 3.63) is 0 Å². The Morgan fingerprint density at radius 2 is 1.67 bits per heavy atom. The molecule has 1 nitrogen and oxygen atoms in total. The number of hydrogen-bond donors (Lipinski definition) is 0. The van der Waals surface area contributed by atoms with Crippen molar-refractivity contribution in [3.63, 3.8) is 0 Å². The summed E-state index contributed by atoms with van der Waals surface area (Å²) in [6.45, 7) is 6.84. The summed E-state index contributed by atoms with van der Waals surface area (Å²) in [5.41, 5.74) is 0. The largest absolute Gasteiger partial charge is 0.298 e. The van der Waals surface area contributed by atoms with Gasteiger partial charge < -0.3 is 0 Å². The number of alkyl halides is 2. The summed E-state index contributed by atoms with van der Waals surface area (Å²) in [7, 11) is 1.74. The molecular formula is C9H19F2N. The van der Waals surface area contributed by atoms with Gasteiger partial charge in [-0.05, 0) is 19.9 Å². The molecule has 0 aliphatic rings. The molecule has 12 heavy (non-hydrogen) atoms. The molecule has 1 atom stereocenters. The Balaban J connectivity index is 3.95. The fourth-order valence-corrected chi connectivity index (χ4v) is 1.09. The minimum atomic E-state index is -2.59. The lowest BCUT2D eigenvalue weighted by Gasteiger charge is -2.29. The van der Waals surface area contributed by atoms with Crippen LogP contribution in [0.5, 0.6) is 0 Å². The summed E-state index contributed by atoms with van der Waals surface area (Å²) in [5.74, 6) is -2.17. The van der Waals surface area contributed by atoms with E-state index in [1.165, 1.54) is 0 Å². The van der Waals surface area contributed by atoms with Gasteiger partial charge in [0.1, 0.15) is 0 Å². The molecule has 0 unspecified atom stereocenters. The van der Waals surface area contributed by atoms with Crippen molar-refractivity contribution in [2.75, 3.05) is 13.6 Å². The van der Waals surface area contributed by atoms with Gasteiger partial charge in [-0.15, -0.1) is 0 Å². The van der Waals surface area contributed by atoms with E-state index in [1.807, 2.05) is 20.8 Å². The van der Waals surface area contributed by atoms with Crippen LogP contribution in [0.1, 0.15) is 27.7 Å². The third-order valence-electron chi connectivity index (χ3n) is 2.19. The molecule has 0 fully saturated rings. The number of hydrogen-bond acceptors (Lipinski definition) is 1. The lowest BCUT2D eigenvalue weighted by atomic mass is 10.1. The highest BCUT2D eigenvalue weighted by molar-refractivity contribution is 4.71. The van der Waals surface area contributed by atoms with Gasteiger partial charge in [0.2, 0.25) is 0 Å². The fraction of sp³-hybridized carbons (Fsp3) is 1.00. The predicted octanol–water partition coefficient (Wildman–Crippen LogP) is 2.62. The summed E-state index contributed by atoms with van der Waals surface area (Å²) in [4.78, 5) is 1.70. The minimum absolute atomic E-state index is 0.160. The highest BCUT2D eigenvalue weighted by Gasteiger charge is 2.26. The first kappa shape index (κ1) is 11.8. The van der Waals surface area contributed by atoms with Crippen molar-refractivity contribution >= 4 is 0 Å². The summed E-state index contributed by atoms with van der Waals surface area (Å²) in [5, 5.41) is 0. The topological polar surface area (TPSA) is 3.24 Å². The van der Waals surface area contributed by atoms with Crippen molar-refractivity contribution in [1.29, 1.82) is 0 Å². The molecule has 3 heteroatoms. The normalized spacial score (nSPS) is 15.8. The van der Waals surface area contributed by atoms with Crippen LogP contribution in [0.2, 0.25) is 0 Å². The molecule has 0 aliphatic carbocycles. The lowest BCUT2D eigenvalue weighted by molar-refractivity contribution is -0.0206. The molecule has 0 rings (SSSR count). The van der Waals surface area contributed by atoms with E-state index in [9.17, 15) is 8.78 Å². The molecule has 0 spiro atoms. The maximum absolute atomic E-state index is 12.6. The van der Waals surface area contributed by atoms with Gasteiger partial charge in [0, 0.05) is 13.0 Å². The molecule has 0 aromatic rings. The van der Waals surface area contributed by atoms with Crippen molar-refractivity contribution < 1.29 is 8.78 Å². The second-order valence-corrected chi connectivity index (χ2v) is 3.97. The van der Waals surface area contributed by atoms with E-state index in [4.69, 9.17) is 0 Å². The number of rotatable bonds is 4. The molecule has 0 saturated heterocycles. The van der Waals surface area contributed by atoms with Gasteiger partial charge in [0.25, 0.3) is 5.92 Å². The average molecular weight is 179 g/mol. The molecule has 0 aromatic carbocycles. The van der Waals surface area contributed by atoms with Gasteiger partial charge in [-0.2, -0.15) is 0 Å². The van der Waals surface area contributed by atoms with E-state index in [0.29, 0.717) is 5.92 Å². The van der Waals surface area contributed by atoms with Gasteiger partial charge in [0.15, 0.2) is 0 Å². The number of nitrogens with zero attached hydrogens (tertiary/aromatic N) is 1. The van der Waals surface area contributed by atoms with E-state index >= 15 is 0 Å². The highest BCUT2D eigenvalue weighted by atomic mass is 19.3. The smallest absolute Gasteiger partial charge is 0.257 e. The van der Waals surface area contributed by atoms with E-state index in [2.05, 4.69) is 0 Å². The van der Waals surface area contributed by atoms with Crippen LogP contribution in [0.4, 0.5) is 8.78 Å². The molecule has 0 bridgehead atoms. The Morgan fingerprint density at radius 1 is 1.25 bits per heavy atom. The van der Waals surface area contributed by atoms with Crippen LogP contribution < -0.4 is 0 Å². The molecule has 0 N–H and O–H groups in total. The van der Waals surface area contributed by atoms with Gasteiger partial charge >= 0.3 is 0 Å². The van der Waals surface area contributed by atoms with Crippen molar-refractivity contribution in [2.45, 2.75) is 39.7 Å². The molecule has 74 valence electrons. The zero-order chi connectivity index (χ0) is 9.94. The molecule has 0 heterocycles. The van der Waals surface area contributed by atoms with Gasteiger partial charge in [-0.1, -0.05) is 13.8 Å². The summed E-state index contributed by atoms with van der Waals surface area (Å²) < 4.78 is 25.1. The van der Waals surface area contributed by atoms with Gasteiger partial charge in [-0.3, -0.25) is 4.90 Å². The summed E-state index contributed by atoms with van der Waals surface area (Å²) in [6, 6.07) is 0.204. The second-order valence-electron chi connectivity index (χ2n) is 3.97. The molecular weight excluding hydrogens is 160 g/mol. The van der Waals surface area contributed by atoms with Gasteiger partial charge in [0.05, 0.1) is 6.54 Å². The average Bonchev–Trinajstić information content (AvgIpc) is 1.82. The summed E-state index contributed by atoms with van der Waals surface area (Å²) in [6.07, 6.45) is 0. The first-order valence-corrected chi connectivity index (χ1v) is 4.32. The first-order valence-electron chi connectivity index (χ1n) is 4.32. The molecule has 0 aromatic heterocycles. The van der Waals surface area contributed by atoms with Crippen LogP contribution in [0.3, 0.4) is 0 Å². The second kappa shape index (κ2) is 4.17. The lowest BCUT2D eigenvalue weighted by Crippen LogP contribution is -2.40. The van der Waals surface area contributed by atoms with Crippen LogP contribution in [-0.4, -0.2) is 30.5 Å². The van der Waals surface area contributed by atoms with E-state index in [0.717, 1.165) is 6.92 Å². The maximum Gasteiger partial charge on any atom is 0.257 e. The SMILES string of the molecule is CC(C)[C@H](C)N(C)CC(C)(F)F. The van der Waals surface area contributed by atoms with Crippen molar-refractivity contribution in [1.82, 2.24) is 4.90 Å². The van der Waals surface area contributed by atoms with Crippen LogP contribution in [0.25, 0.3) is 0 Å². The Kier molecular flexibility index (Phi) is 4.11. The van der Waals surface area contributed by atoms with E-state index < -0.39 is 5.92 Å².